The second kappa shape index (κ2) is 6.93. The smallest absolute Gasteiger partial charge is 0.224 e. The number of hydrogen-bond donors (Lipinski definition) is 1. The quantitative estimate of drug-likeness (QED) is 0.863. The monoisotopic (exact) mass is 300 g/mol. The minimum atomic E-state index is -0.325. The van der Waals surface area contributed by atoms with E-state index in [1.807, 2.05) is 0 Å². The molecule has 2 aromatic rings. The summed E-state index contributed by atoms with van der Waals surface area (Å²) in [5, 5.41) is 2.76. The van der Waals surface area contributed by atoms with E-state index in [9.17, 15) is 14.0 Å². The number of pyridine rings is 1. The van der Waals surface area contributed by atoms with Gasteiger partial charge < -0.3 is 5.32 Å². The van der Waals surface area contributed by atoms with Crippen molar-refractivity contribution in [3.05, 3.63) is 64.7 Å². The zero-order valence-corrected chi connectivity index (χ0v) is 12.5. The van der Waals surface area contributed by atoms with Crippen molar-refractivity contribution in [2.45, 2.75) is 26.8 Å². The zero-order chi connectivity index (χ0) is 16.1. The number of Topliss-reactive ketones (excluding diaryl/α,β-unsaturated/α-hetero) is 1. The molecule has 5 heteroatoms. The normalized spacial score (nSPS) is 10.3. The van der Waals surface area contributed by atoms with Gasteiger partial charge in [-0.2, -0.15) is 0 Å². The summed E-state index contributed by atoms with van der Waals surface area (Å²) in [5.41, 5.74) is 2.67. The van der Waals surface area contributed by atoms with Crippen molar-refractivity contribution in [1.82, 2.24) is 10.3 Å². The number of carbonyl (C=O) groups excluding carboxylic acids is 2. The Morgan fingerprint density at radius 3 is 2.41 bits per heavy atom. The van der Waals surface area contributed by atoms with Crippen LogP contribution in [0.5, 0.6) is 0 Å². The molecule has 0 unspecified atom stereocenters. The van der Waals surface area contributed by atoms with Crippen molar-refractivity contribution >= 4 is 11.7 Å². The Balaban J connectivity index is 1.92. The van der Waals surface area contributed by atoms with E-state index in [0.29, 0.717) is 23.5 Å². The Labute approximate surface area is 128 Å². The van der Waals surface area contributed by atoms with E-state index in [4.69, 9.17) is 0 Å². The van der Waals surface area contributed by atoms with E-state index >= 15 is 0 Å². The molecule has 2 rings (SSSR count). The van der Waals surface area contributed by atoms with Gasteiger partial charge in [0.15, 0.2) is 5.78 Å². The second-order valence-electron chi connectivity index (χ2n) is 5.07. The van der Waals surface area contributed by atoms with Crippen LogP contribution in [0.2, 0.25) is 0 Å². The Hall–Kier alpha value is -2.56. The van der Waals surface area contributed by atoms with Gasteiger partial charge in [-0.3, -0.25) is 14.6 Å². The fraction of sp³-hybridized carbons (Fsp3) is 0.235. The first-order valence-electron chi connectivity index (χ1n) is 6.94. The van der Waals surface area contributed by atoms with E-state index in [-0.39, 0.29) is 23.9 Å². The Kier molecular flexibility index (Phi) is 4.99. The molecule has 0 bridgehead atoms. The van der Waals surface area contributed by atoms with Gasteiger partial charge in [-0.25, -0.2) is 4.39 Å². The van der Waals surface area contributed by atoms with Gasteiger partial charge in [0.1, 0.15) is 5.82 Å². The number of carbonyl (C=O) groups is 2. The van der Waals surface area contributed by atoms with E-state index < -0.39 is 0 Å². The first-order valence-corrected chi connectivity index (χ1v) is 6.94. The lowest BCUT2D eigenvalue weighted by molar-refractivity contribution is -0.120. The number of amides is 1. The first kappa shape index (κ1) is 15.8. The van der Waals surface area contributed by atoms with Gasteiger partial charge in [-0.15, -0.1) is 0 Å². The van der Waals surface area contributed by atoms with Crippen LogP contribution in [0.25, 0.3) is 0 Å². The van der Waals surface area contributed by atoms with Crippen molar-refractivity contribution in [2.75, 3.05) is 0 Å². The highest BCUT2D eigenvalue weighted by Crippen LogP contribution is 2.08. The summed E-state index contributed by atoms with van der Waals surface area (Å²) in [7, 11) is 0. The maximum atomic E-state index is 12.8. The minimum Gasteiger partial charge on any atom is -0.350 e. The highest BCUT2D eigenvalue weighted by Gasteiger charge is 2.08. The number of hydrogen-bond acceptors (Lipinski definition) is 3. The third kappa shape index (κ3) is 4.22. The topological polar surface area (TPSA) is 59.1 Å². The van der Waals surface area contributed by atoms with Crippen molar-refractivity contribution in [3.8, 4) is 0 Å². The summed E-state index contributed by atoms with van der Waals surface area (Å²) in [6.45, 7) is 3.55. The number of halogens is 1. The number of aryl methyl sites for hydroxylation is 1. The van der Waals surface area contributed by atoms with Gasteiger partial charge in [0.25, 0.3) is 0 Å². The zero-order valence-electron chi connectivity index (χ0n) is 12.5. The lowest BCUT2D eigenvalue weighted by Gasteiger charge is -2.07. The van der Waals surface area contributed by atoms with Gasteiger partial charge in [0, 0.05) is 11.3 Å². The molecule has 0 aliphatic carbocycles. The van der Waals surface area contributed by atoms with Gasteiger partial charge >= 0.3 is 0 Å². The van der Waals surface area contributed by atoms with Crippen molar-refractivity contribution in [1.29, 1.82) is 0 Å². The van der Waals surface area contributed by atoms with Crippen LogP contribution in [-0.4, -0.2) is 16.7 Å². The molecule has 0 radical (unpaired) electrons. The standard InChI is InChI=1S/C17H17FN2O2/c1-11-16(12(2)21)8-7-15(20-11)10-19-17(22)9-13-3-5-14(18)6-4-13/h3-8H,9-10H2,1-2H3,(H,19,22). The fourth-order valence-electron chi connectivity index (χ4n) is 2.12. The average molecular weight is 300 g/mol. The van der Waals surface area contributed by atoms with Gasteiger partial charge in [0.2, 0.25) is 5.91 Å². The molecule has 0 aliphatic heterocycles. The highest BCUT2D eigenvalue weighted by atomic mass is 19.1. The molecule has 1 amide bonds. The van der Waals surface area contributed by atoms with Crippen LogP contribution in [0.4, 0.5) is 4.39 Å². The number of nitrogens with one attached hydrogen (secondary N) is 1. The van der Waals surface area contributed by atoms with Gasteiger partial charge in [-0.1, -0.05) is 12.1 Å². The second-order valence-corrected chi connectivity index (χ2v) is 5.07. The van der Waals surface area contributed by atoms with Gasteiger partial charge in [-0.05, 0) is 43.7 Å². The third-order valence-corrected chi connectivity index (χ3v) is 3.27. The molecular formula is C17H17FN2O2. The summed E-state index contributed by atoms with van der Waals surface area (Å²) in [6.07, 6.45) is 0.185. The van der Waals surface area contributed by atoms with Crippen molar-refractivity contribution in [2.24, 2.45) is 0 Å². The Morgan fingerprint density at radius 1 is 1.14 bits per heavy atom. The van der Waals surface area contributed by atoms with Crippen LogP contribution >= 0.6 is 0 Å². The molecule has 0 atom stereocenters. The Bertz CT molecular complexity index is 696. The Morgan fingerprint density at radius 2 is 1.82 bits per heavy atom. The van der Waals surface area contributed by atoms with Crippen LogP contribution in [-0.2, 0) is 17.8 Å². The summed E-state index contributed by atoms with van der Waals surface area (Å²) in [5.74, 6) is -0.520. The number of ketones is 1. The number of benzene rings is 1. The number of aromatic nitrogens is 1. The van der Waals surface area contributed by atoms with E-state index in [2.05, 4.69) is 10.3 Å². The molecule has 1 heterocycles. The van der Waals surface area contributed by atoms with Gasteiger partial charge in [0.05, 0.1) is 18.7 Å². The molecule has 1 N–H and O–H groups in total. The lowest BCUT2D eigenvalue weighted by atomic mass is 10.1. The summed E-state index contributed by atoms with van der Waals surface area (Å²) in [4.78, 5) is 27.5. The maximum absolute atomic E-state index is 12.8. The van der Waals surface area contributed by atoms with Crippen LogP contribution < -0.4 is 5.32 Å². The predicted octanol–water partition coefficient (Wildman–Crippen LogP) is 2.59. The van der Waals surface area contributed by atoms with E-state index in [0.717, 1.165) is 5.56 Å². The van der Waals surface area contributed by atoms with Crippen molar-refractivity contribution in [3.63, 3.8) is 0 Å². The number of rotatable bonds is 5. The molecule has 0 spiro atoms. The molecule has 0 fully saturated rings. The molecule has 1 aromatic heterocycles. The SMILES string of the molecule is CC(=O)c1ccc(CNC(=O)Cc2ccc(F)cc2)nc1C. The highest BCUT2D eigenvalue weighted by molar-refractivity contribution is 5.95. The van der Waals surface area contributed by atoms with E-state index in [1.54, 1.807) is 31.2 Å². The average Bonchev–Trinajstić information content (AvgIpc) is 2.47. The molecule has 114 valence electrons. The first-order chi connectivity index (χ1) is 10.5. The molecule has 0 saturated heterocycles. The van der Waals surface area contributed by atoms with Crippen molar-refractivity contribution < 1.29 is 14.0 Å². The molecular weight excluding hydrogens is 283 g/mol. The molecule has 22 heavy (non-hydrogen) atoms. The lowest BCUT2D eigenvalue weighted by Crippen LogP contribution is -2.25. The van der Waals surface area contributed by atoms with Crippen LogP contribution in [0.1, 0.15) is 34.2 Å². The largest absolute Gasteiger partial charge is 0.350 e. The van der Waals surface area contributed by atoms with E-state index in [1.165, 1.54) is 19.1 Å². The summed E-state index contributed by atoms with van der Waals surface area (Å²) < 4.78 is 12.8. The maximum Gasteiger partial charge on any atom is 0.224 e. The van der Waals surface area contributed by atoms with Crippen LogP contribution in [0, 0.1) is 12.7 Å². The molecule has 4 nitrogen and oxygen atoms in total. The van der Waals surface area contributed by atoms with Crippen LogP contribution in [0.3, 0.4) is 0 Å². The third-order valence-electron chi connectivity index (χ3n) is 3.27. The summed E-state index contributed by atoms with van der Waals surface area (Å²) in [6, 6.07) is 9.26. The molecule has 1 aromatic carbocycles. The summed E-state index contributed by atoms with van der Waals surface area (Å²) >= 11 is 0. The number of nitrogens with zero attached hydrogens (tertiary/aromatic N) is 1. The molecule has 0 saturated carbocycles. The van der Waals surface area contributed by atoms with Crippen LogP contribution in [0.15, 0.2) is 36.4 Å². The molecule has 0 aliphatic rings. The fourth-order valence-corrected chi connectivity index (χ4v) is 2.12. The predicted molar refractivity (Wildman–Crippen MR) is 80.9 cm³/mol. The minimum absolute atomic E-state index is 0.0307.